The SMILES string of the molecule is CC(c1ccccc1Cl)N(C)c1cccc(C#N)c1. The molecule has 0 saturated heterocycles. The first-order chi connectivity index (χ1) is 9.13. The maximum Gasteiger partial charge on any atom is 0.0992 e. The van der Waals surface area contributed by atoms with Crippen molar-refractivity contribution < 1.29 is 0 Å². The Morgan fingerprint density at radius 3 is 2.58 bits per heavy atom. The molecule has 0 spiro atoms. The second kappa shape index (κ2) is 5.77. The molecule has 19 heavy (non-hydrogen) atoms. The molecule has 2 aromatic rings. The number of nitriles is 1. The van der Waals surface area contributed by atoms with E-state index in [-0.39, 0.29) is 6.04 Å². The third kappa shape index (κ3) is 2.89. The minimum Gasteiger partial charge on any atom is -0.368 e. The highest BCUT2D eigenvalue weighted by molar-refractivity contribution is 6.31. The van der Waals surface area contributed by atoms with E-state index in [4.69, 9.17) is 16.9 Å². The van der Waals surface area contributed by atoms with Gasteiger partial charge in [0, 0.05) is 17.8 Å². The molecule has 0 amide bonds. The summed E-state index contributed by atoms with van der Waals surface area (Å²) in [6.07, 6.45) is 0. The lowest BCUT2D eigenvalue weighted by molar-refractivity contribution is 0.740. The maximum absolute atomic E-state index is 8.95. The monoisotopic (exact) mass is 270 g/mol. The van der Waals surface area contributed by atoms with Crippen LogP contribution < -0.4 is 4.90 Å². The Morgan fingerprint density at radius 1 is 1.16 bits per heavy atom. The van der Waals surface area contributed by atoms with Gasteiger partial charge in [0.15, 0.2) is 0 Å². The largest absolute Gasteiger partial charge is 0.368 e. The zero-order chi connectivity index (χ0) is 13.8. The molecule has 96 valence electrons. The van der Waals surface area contributed by atoms with Crippen LogP contribution in [0.25, 0.3) is 0 Å². The van der Waals surface area contributed by atoms with Crippen LogP contribution in [0.3, 0.4) is 0 Å². The quantitative estimate of drug-likeness (QED) is 0.826. The van der Waals surface area contributed by atoms with E-state index in [0.717, 1.165) is 16.3 Å². The highest BCUT2D eigenvalue weighted by Crippen LogP contribution is 2.29. The lowest BCUT2D eigenvalue weighted by Gasteiger charge is -2.28. The molecule has 1 unspecified atom stereocenters. The van der Waals surface area contributed by atoms with Crippen molar-refractivity contribution in [3.8, 4) is 6.07 Å². The molecule has 0 saturated carbocycles. The Labute approximate surface area is 118 Å². The summed E-state index contributed by atoms with van der Waals surface area (Å²) in [5.74, 6) is 0. The van der Waals surface area contributed by atoms with Crippen molar-refractivity contribution in [1.82, 2.24) is 0 Å². The van der Waals surface area contributed by atoms with Crippen LogP contribution in [0.5, 0.6) is 0 Å². The van der Waals surface area contributed by atoms with Crippen LogP contribution in [0.4, 0.5) is 5.69 Å². The van der Waals surface area contributed by atoms with Gasteiger partial charge in [0.05, 0.1) is 17.7 Å². The van der Waals surface area contributed by atoms with Gasteiger partial charge in [0.2, 0.25) is 0 Å². The Morgan fingerprint density at radius 2 is 1.89 bits per heavy atom. The molecule has 2 rings (SSSR count). The summed E-state index contributed by atoms with van der Waals surface area (Å²) in [4.78, 5) is 2.11. The molecule has 1 atom stereocenters. The summed E-state index contributed by atoms with van der Waals surface area (Å²) in [5.41, 5.74) is 2.75. The maximum atomic E-state index is 8.95. The fourth-order valence-corrected chi connectivity index (χ4v) is 2.33. The van der Waals surface area contributed by atoms with E-state index in [9.17, 15) is 0 Å². The average molecular weight is 271 g/mol. The fourth-order valence-electron chi connectivity index (χ4n) is 2.04. The number of hydrogen-bond donors (Lipinski definition) is 0. The molecule has 0 N–H and O–H groups in total. The summed E-state index contributed by atoms with van der Waals surface area (Å²) in [6.45, 7) is 2.10. The first-order valence-corrected chi connectivity index (χ1v) is 6.48. The first-order valence-electron chi connectivity index (χ1n) is 6.11. The molecular weight excluding hydrogens is 256 g/mol. The normalized spacial score (nSPS) is 11.7. The molecule has 0 heterocycles. The van der Waals surface area contributed by atoms with Crippen LogP contribution in [-0.4, -0.2) is 7.05 Å². The van der Waals surface area contributed by atoms with Crippen LogP contribution in [0.1, 0.15) is 24.1 Å². The molecule has 0 bridgehead atoms. The average Bonchev–Trinajstić information content (AvgIpc) is 2.46. The highest BCUT2D eigenvalue weighted by Gasteiger charge is 2.15. The predicted molar refractivity (Wildman–Crippen MR) is 79.4 cm³/mol. The van der Waals surface area contributed by atoms with Crippen molar-refractivity contribution in [3.63, 3.8) is 0 Å². The van der Waals surface area contributed by atoms with Crippen LogP contribution in [0.15, 0.2) is 48.5 Å². The number of hydrogen-bond acceptors (Lipinski definition) is 2. The highest BCUT2D eigenvalue weighted by atomic mass is 35.5. The molecule has 2 nitrogen and oxygen atoms in total. The van der Waals surface area contributed by atoms with Crippen LogP contribution in [-0.2, 0) is 0 Å². The van der Waals surface area contributed by atoms with Crippen LogP contribution in [0, 0.1) is 11.3 Å². The van der Waals surface area contributed by atoms with Crippen molar-refractivity contribution >= 4 is 17.3 Å². The topological polar surface area (TPSA) is 27.0 Å². The molecule has 3 heteroatoms. The summed E-state index contributed by atoms with van der Waals surface area (Å²) < 4.78 is 0. The van der Waals surface area contributed by atoms with E-state index in [1.807, 2.05) is 49.5 Å². The van der Waals surface area contributed by atoms with E-state index < -0.39 is 0 Å². The number of anilines is 1. The minimum absolute atomic E-state index is 0.141. The van der Waals surface area contributed by atoms with Gasteiger partial charge in [0.1, 0.15) is 0 Å². The standard InChI is InChI=1S/C16H15ClN2/c1-12(15-8-3-4-9-16(15)17)19(2)14-7-5-6-13(10-14)11-18/h3-10,12H,1-2H3. The van der Waals surface area contributed by atoms with E-state index in [1.165, 1.54) is 0 Å². The van der Waals surface area contributed by atoms with Crippen molar-refractivity contribution in [2.45, 2.75) is 13.0 Å². The molecular formula is C16H15ClN2. The van der Waals surface area contributed by atoms with Crippen LogP contribution >= 0.6 is 11.6 Å². The van der Waals surface area contributed by atoms with E-state index in [2.05, 4.69) is 17.9 Å². The van der Waals surface area contributed by atoms with Gasteiger partial charge in [-0.25, -0.2) is 0 Å². The van der Waals surface area contributed by atoms with Gasteiger partial charge in [0.25, 0.3) is 0 Å². The van der Waals surface area contributed by atoms with E-state index in [1.54, 1.807) is 6.07 Å². The molecule has 0 aliphatic rings. The van der Waals surface area contributed by atoms with Crippen molar-refractivity contribution in [3.05, 3.63) is 64.7 Å². The second-order valence-electron chi connectivity index (χ2n) is 4.47. The molecule has 0 fully saturated rings. The van der Waals surface area contributed by atoms with Crippen LogP contribution in [0.2, 0.25) is 5.02 Å². The van der Waals surface area contributed by atoms with Gasteiger partial charge in [-0.1, -0.05) is 35.9 Å². The van der Waals surface area contributed by atoms with E-state index in [0.29, 0.717) is 5.56 Å². The van der Waals surface area contributed by atoms with Crippen molar-refractivity contribution in [1.29, 1.82) is 5.26 Å². The van der Waals surface area contributed by atoms with Gasteiger partial charge in [-0.05, 0) is 36.8 Å². The Kier molecular flexibility index (Phi) is 4.09. The van der Waals surface area contributed by atoms with Gasteiger partial charge in [-0.15, -0.1) is 0 Å². The first kappa shape index (κ1) is 13.5. The number of nitrogens with zero attached hydrogens (tertiary/aromatic N) is 2. The fraction of sp³-hybridized carbons (Fsp3) is 0.188. The molecule has 0 aromatic heterocycles. The zero-order valence-electron chi connectivity index (χ0n) is 11.0. The van der Waals surface area contributed by atoms with Crippen molar-refractivity contribution in [2.75, 3.05) is 11.9 Å². The zero-order valence-corrected chi connectivity index (χ0v) is 11.7. The summed E-state index contributed by atoms with van der Waals surface area (Å²) in [5, 5.41) is 9.72. The van der Waals surface area contributed by atoms with Gasteiger partial charge in [-0.2, -0.15) is 5.26 Å². The van der Waals surface area contributed by atoms with Gasteiger partial charge in [-0.3, -0.25) is 0 Å². The second-order valence-corrected chi connectivity index (χ2v) is 4.88. The number of halogens is 1. The number of benzene rings is 2. The smallest absolute Gasteiger partial charge is 0.0992 e. The Hall–Kier alpha value is -1.98. The summed E-state index contributed by atoms with van der Waals surface area (Å²) in [6, 6.07) is 17.7. The lowest BCUT2D eigenvalue weighted by Crippen LogP contribution is -2.21. The molecule has 2 aromatic carbocycles. The summed E-state index contributed by atoms with van der Waals surface area (Å²) >= 11 is 6.23. The lowest BCUT2D eigenvalue weighted by atomic mass is 10.1. The van der Waals surface area contributed by atoms with Crippen molar-refractivity contribution in [2.24, 2.45) is 0 Å². The van der Waals surface area contributed by atoms with E-state index >= 15 is 0 Å². The minimum atomic E-state index is 0.141. The number of rotatable bonds is 3. The van der Waals surface area contributed by atoms with Gasteiger partial charge < -0.3 is 4.90 Å². The Bertz CT molecular complexity index is 616. The Balaban J connectivity index is 2.31. The summed E-state index contributed by atoms with van der Waals surface area (Å²) in [7, 11) is 2.00. The predicted octanol–water partition coefficient (Wildman–Crippen LogP) is 4.41. The third-order valence-electron chi connectivity index (χ3n) is 3.32. The van der Waals surface area contributed by atoms with Gasteiger partial charge >= 0.3 is 0 Å². The molecule has 0 aliphatic heterocycles. The molecule has 0 radical (unpaired) electrons. The third-order valence-corrected chi connectivity index (χ3v) is 3.66. The molecule has 0 aliphatic carbocycles.